The molecule has 0 aromatic carbocycles. The van der Waals surface area contributed by atoms with E-state index in [9.17, 15) is 5.11 Å². The van der Waals surface area contributed by atoms with Gasteiger partial charge in [0.1, 0.15) is 6.26 Å². The number of hydroxylamine groups is 1. The SMILES string of the molecule is CCCCC(O)CC1=CC=CON1. The highest BCUT2D eigenvalue weighted by molar-refractivity contribution is 5.11. The summed E-state index contributed by atoms with van der Waals surface area (Å²) < 4.78 is 0. The van der Waals surface area contributed by atoms with Gasteiger partial charge in [-0.2, -0.15) is 0 Å². The van der Waals surface area contributed by atoms with Gasteiger partial charge in [-0.1, -0.05) is 19.8 Å². The summed E-state index contributed by atoms with van der Waals surface area (Å²) in [6.07, 6.45) is 8.75. The van der Waals surface area contributed by atoms with Crippen molar-refractivity contribution in [2.45, 2.75) is 38.7 Å². The minimum absolute atomic E-state index is 0.256. The van der Waals surface area contributed by atoms with Crippen LogP contribution in [-0.2, 0) is 4.84 Å². The second kappa shape index (κ2) is 5.65. The molecule has 3 heteroatoms. The van der Waals surface area contributed by atoms with Gasteiger partial charge in [0.25, 0.3) is 0 Å². The molecule has 0 spiro atoms. The molecule has 0 aliphatic carbocycles. The quantitative estimate of drug-likeness (QED) is 0.683. The maximum Gasteiger partial charge on any atom is 0.119 e. The van der Waals surface area contributed by atoms with E-state index in [-0.39, 0.29) is 6.10 Å². The van der Waals surface area contributed by atoms with Crippen molar-refractivity contribution in [3.63, 3.8) is 0 Å². The first-order chi connectivity index (χ1) is 6.33. The van der Waals surface area contributed by atoms with Gasteiger partial charge in [0.2, 0.25) is 0 Å². The van der Waals surface area contributed by atoms with E-state index < -0.39 is 0 Å². The summed E-state index contributed by atoms with van der Waals surface area (Å²) in [5.41, 5.74) is 3.68. The summed E-state index contributed by atoms with van der Waals surface area (Å²) in [7, 11) is 0. The molecule has 0 amide bonds. The molecule has 1 atom stereocenters. The van der Waals surface area contributed by atoms with E-state index >= 15 is 0 Å². The van der Waals surface area contributed by atoms with Crippen LogP contribution in [0.25, 0.3) is 0 Å². The van der Waals surface area contributed by atoms with Gasteiger partial charge in [-0.15, -0.1) is 0 Å². The predicted octanol–water partition coefficient (Wildman–Crippen LogP) is 1.86. The molecule has 3 nitrogen and oxygen atoms in total. The van der Waals surface area contributed by atoms with Crippen molar-refractivity contribution in [2.24, 2.45) is 0 Å². The fourth-order valence-electron chi connectivity index (χ4n) is 1.24. The molecule has 13 heavy (non-hydrogen) atoms. The van der Waals surface area contributed by atoms with Crippen LogP contribution in [-0.4, -0.2) is 11.2 Å². The number of hydrogen-bond donors (Lipinski definition) is 2. The molecular weight excluding hydrogens is 166 g/mol. The molecule has 2 N–H and O–H groups in total. The lowest BCUT2D eigenvalue weighted by molar-refractivity contribution is 0.123. The number of rotatable bonds is 5. The zero-order valence-electron chi connectivity index (χ0n) is 7.99. The zero-order chi connectivity index (χ0) is 9.52. The van der Waals surface area contributed by atoms with Crippen LogP contribution in [0.3, 0.4) is 0 Å². The lowest BCUT2D eigenvalue weighted by Crippen LogP contribution is -2.18. The van der Waals surface area contributed by atoms with Crippen LogP contribution in [0.4, 0.5) is 0 Å². The Morgan fingerprint density at radius 2 is 2.46 bits per heavy atom. The molecule has 1 heterocycles. The topological polar surface area (TPSA) is 41.5 Å². The maximum atomic E-state index is 9.57. The molecule has 0 saturated carbocycles. The minimum atomic E-state index is -0.256. The fraction of sp³-hybridized carbons (Fsp3) is 0.600. The molecule has 1 aliphatic heterocycles. The molecule has 1 aliphatic rings. The van der Waals surface area contributed by atoms with Crippen LogP contribution in [0.15, 0.2) is 24.1 Å². The van der Waals surface area contributed by atoms with Gasteiger partial charge in [0.15, 0.2) is 0 Å². The molecular formula is C10H17NO2. The van der Waals surface area contributed by atoms with Crippen molar-refractivity contribution in [3.8, 4) is 0 Å². The Morgan fingerprint density at radius 3 is 3.08 bits per heavy atom. The first-order valence-electron chi connectivity index (χ1n) is 4.78. The average Bonchev–Trinajstić information content (AvgIpc) is 2.16. The van der Waals surface area contributed by atoms with Crippen molar-refractivity contribution in [1.82, 2.24) is 5.48 Å². The molecule has 74 valence electrons. The summed E-state index contributed by atoms with van der Waals surface area (Å²) in [6.45, 7) is 2.12. The van der Waals surface area contributed by atoms with Gasteiger partial charge in [-0.3, -0.25) is 0 Å². The predicted molar refractivity (Wildman–Crippen MR) is 51.6 cm³/mol. The first kappa shape index (κ1) is 10.1. The van der Waals surface area contributed by atoms with Gasteiger partial charge in [0, 0.05) is 6.42 Å². The van der Waals surface area contributed by atoms with Crippen molar-refractivity contribution < 1.29 is 9.94 Å². The van der Waals surface area contributed by atoms with Gasteiger partial charge in [-0.05, 0) is 18.6 Å². The van der Waals surface area contributed by atoms with Crippen LogP contribution in [0.2, 0.25) is 0 Å². The Kier molecular flexibility index (Phi) is 4.40. The second-order valence-electron chi connectivity index (χ2n) is 3.24. The molecule has 1 unspecified atom stereocenters. The number of unbranched alkanes of at least 4 members (excludes halogenated alkanes) is 1. The lowest BCUT2D eigenvalue weighted by Gasteiger charge is -2.15. The first-order valence-corrected chi connectivity index (χ1v) is 4.78. The average molecular weight is 183 g/mol. The zero-order valence-corrected chi connectivity index (χ0v) is 7.99. The Balaban J connectivity index is 2.22. The second-order valence-corrected chi connectivity index (χ2v) is 3.24. The summed E-state index contributed by atoms with van der Waals surface area (Å²) >= 11 is 0. The van der Waals surface area contributed by atoms with Crippen molar-refractivity contribution in [3.05, 3.63) is 24.1 Å². The number of hydrogen-bond acceptors (Lipinski definition) is 3. The number of aliphatic hydroxyl groups excluding tert-OH is 1. The minimum Gasteiger partial charge on any atom is -0.393 e. The van der Waals surface area contributed by atoms with Crippen molar-refractivity contribution in [1.29, 1.82) is 0 Å². The summed E-state index contributed by atoms with van der Waals surface area (Å²) in [6, 6.07) is 0. The lowest BCUT2D eigenvalue weighted by atomic mass is 10.1. The number of allylic oxidation sites excluding steroid dienone is 2. The third-order valence-electron chi connectivity index (χ3n) is 1.98. The molecule has 0 aromatic rings. The van der Waals surface area contributed by atoms with E-state index in [0.29, 0.717) is 6.42 Å². The summed E-state index contributed by atoms with van der Waals surface area (Å²) in [5.74, 6) is 0. The van der Waals surface area contributed by atoms with Gasteiger partial charge >= 0.3 is 0 Å². The molecule has 1 rings (SSSR count). The van der Waals surface area contributed by atoms with E-state index in [4.69, 9.17) is 4.84 Å². The van der Waals surface area contributed by atoms with Crippen LogP contribution in [0.5, 0.6) is 0 Å². The van der Waals surface area contributed by atoms with E-state index in [0.717, 1.165) is 25.0 Å². The summed E-state index contributed by atoms with van der Waals surface area (Å²) in [4.78, 5) is 4.88. The number of aliphatic hydroxyl groups is 1. The standard InChI is InChI=1S/C10H17NO2/c1-2-3-6-10(12)8-9-5-4-7-13-11-9/h4-5,7,10-12H,2-3,6,8H2,1H3. The fourth-order valence-corrected chi connectivity index (χ4v) is 1.24. The van der Waals surface area contributed by atoms with Gasteiger partial charge in [0.05, 0.1) is 11.8 Å². The summed E-state index contributed by atoms with van der Waals surface area (Å²) in [5, 5.41) is 9.57. The van der Waals surface area contributed by atoms with Crippen LogP contribution in [0.1, 0.15) is 32.6 Å². The Labute approximate surface area is 79.1 Å². The molecule has 0 aromatic heterocycles. The number of nitrogens with one attached hydrogen (secondary N) is 1. The highest BCUT2D eigenvalue weighted by atomic mass is 16.6. The Bertz CT molecular complexity index is 199. The van der Waals surface area contributed by atoms with Gasteiger partial charge < -0.3 is 9.94 Å². The van der Waals surface area contributed by atoms with Crippen molar-refractivity contribution >= 4 is 0 Å². The molecule has 0 fully saturated rings. The highest BCUT2D eigenvalue weighted by Gasteiger charge is 2.07. The van der Waals surface area contributed by atoms with E-state index in [2.05, 4.69) is 12.4 Å². The van der Waals surface area contributed by atoms with Crippen molar-refractivity contribution in [2.75, 3.05) is 0 Å². The van der Waals surface area contributed by atoms with E-state index in [1.807, 2.05) is 12.2 Å². The normalized spacial score (nSPS) is 17.2. The van der Waals surface area contributed by atoms with Crippen LogP contribution < -0.4 is 5.48 Å². The van der Waals surface area contributed by atoms with Gasteiger partial charge in [-0.25, -0.2) is 5.48 Å². The van der Waals surface area contributed by atoms with E-state index in [1.54, 1.807) is 6.26 Å². The Morgan fingerprint density at radius 1 is 1.62 bits per heavy atom. The third-order valence-corrected chi connectivity index (χ3v) is 1.98. The smallest absolute Gasteiger partial charge is 0.119 e. The molecule has 0 bridgehead atoms. The molecule has 0 saturated heterocycles. The third kappa shape index (κ3) is 3.99. The van der Waals surface area contributed by atoms with Crippen LogP contribution >= 0.6 is 0 Å². The Hall–Kier alpha value is -0.960. The molecule has 0 radical (unpaired) electrons. The highest BCUT2D eigenvalue weighted by Crippen LogP contribution is 2.10. The maximum absolute atomic E-state index is 9.57. The van der Waals surface area contributed by atoms with Crippen LogP contribution in [0, 0.1) is 0 Å². The largest absolute Gasteiger partial charge is 0.393 e. The monoisotopic (exact) mass is 183 g/mol. The van der Waals surface area contributed by atoms with E-state index in [1.165, 1.54) is 0 Å².